The van der Waals surface area contributed by atoms with Crippen LogP contribution in [0.1, 0.15) is 25.0 Å². The number of hydrogen-bond donors (Lipinski definition) is 0. The van der Waals surface area contributed by atoms with Crippen molar-refractivity contribution in [1.82, 2.24) is 24.1 Å². The van der Waals surface area contributed by atoms with Crippen LogP contribution in [0.5, 0.6) is 0 Å². The Morgan fingerprint density at radius 2 is 0.930 bits per heavy atom. The Bertz CT molecular complexity index is 3320. The summed E-state index contributed by atoms with van der Waals surface area (Å²) < 4.78 is 4.73. The van der Waals surface area contributed by atoms with E-state index in [4.69, 9.17) is 15.0 Å². The van der Waals surface area contributed by atoms with Crippen molar-refractivity contribution in [3.8, 4) is 45.5 Å². The molecule has 5 nitrogen and oxygen atoms in total. The summed E-state index contributed by atoms with van der Waals surface area (Å²) in [5, 5.41) is 7.19. The van der Waals surface area contributed by atoms with Gasteiger partial charge in [-0.2, -0.15) is 9.97 Å². The Labute approximate surface area is 329 Å². The first-order valence-electron chi connectivity index (χ1n) is 19.5. The van der Waals surface area contributed by atoms with Gasteiger partial charge in [-0.1, -0.05) is 159 Å². The zero-order chi connectivity index (χ0) is 37.8. The van der Waals surface area contributed by atoms with E-state index in [9.17, 15) is 0 Å². The summed E-state index contributed by atoms with van der Waals surface area (Å²) in [6, 6.07) is 62.9. The summed E-state index contributed by atoms with van der Waals surface area (Å²) in [4.78, 5) is 15.8. The molecule has 0 saturated carbocycles. The highest BCUT2D eigenvalue weighted by atomic mass is 15.2. The predicted molar refractivity (Wildman–Crippen MR) is 234 cm³/mol. The fourth-order valence-corrected chi connectivity index (χ4v) is 9.53. The van der Waals surface area contributed by atoms with Crippen LogP contribution in [0, 0.1) is 0 Å². The molecule has 8 aromatic carbocycles. The maximum absolute atomic E-state index is 5.34. The van der Waals surface area contributed by atoms with Crippen molar-refractivity contribution in [2.24, 2.45) is 0 Å². The van der Waals surface area contributed by atoms with Gasteiger partial charge in [0, 0.05) is 43.5 Å². The highest BCUT2D eigenvalue weighted by Crippen LogP contribution is 2.52. The third kappa shape index (κ3) is 4.54. The molecular formula is C52H35N5. The van der Waals surface area contributed by atoms with Crippen molar-refractivity contribution in [2.75, 3.05) is 0 Å². The van der Waals surface area contributed by atoms with Gasteiger partial charge in [-0.15, -0.1) is 0 Å². The minimum Gasteiger partial charge on any atom is -0.309 e. The molecule has 0 unspecified atom stereocenters. The summed E-state index contributed by atoms with van der Waals surface area (Å²) in [6.45, 7) is 4.71. The smallest absolute Gasteiger partial charge is 0.238 e. The van der Waals surface area contributed by atoms with Crippen LogP contribution >= 0.6 is 0 Å². The van der Waals surface area contributed by atoms with E-state index >= 15 is 0 Å². The summed E-state index contributed by atoms with van der Waals surface area (Å²) in [5.74, 6) is 1.84. The number of hydrogen-bond acceptors (Lipinski definition) is 3. The fraction of sp³-hybridized carbons (Fsp3) is 0.0577. The molecule has 3 aromatic heterocycles. The third-order valence-electron chi connectivity index (χ3n) is 12.2. The Kier molecular flexibility index (Phi) is 6.62. The van der Waals surface area contributed by atoms with Crippen LogP contribution in [0.4, 0.5) is 0 Å². The first-order chi connectivity index (χ1) is 28.0. The molecular weight excluding hydrogens is 695 g/mol. The minimum absolute atomic E-state index is 0.165. The van der Waals surface area contributed by atoms with Crippen LogP contribution in [-0.4, -0.2) is 24.1 Å². The summed E-state index contributed by atoms with van der Waals surface area (Å²) >= 11 is 0. The second kappa shape index (κ2) is 11.8. The molecule has 57 heavy (non-hydrogen) atoms. The molecule has 0 radical (unpaired) electrons. The van der Waals surface area contributed by atoms with E-state index in [0.717, 1.165) is 27.8 Å². The second-order valence-electron chi connectivity index (χ2n) is 15.6. The van der Waals surface area contributed by atoms with Gasteiger partial charge in [-0.3, -0.25) is 4.57 Å². The summed E-state index contributed by atoms with van der Waals surface area (Å²) in [5.41, 5.74) is 12.5. The lowest BCUT2D eigenvalue weighted by atomic mass is 9.82. The van der Waals surface area contributed by atoms with Crippen LogP contribution in [0.2, 0.25) is 0 Å². The average molecular weight is 730 g/mol. The molecule has 0 fully saturated rings. The van der Waals surface area contributed by atoms with Crippen LogP contribution in [0.25, 0.3) is 99.9 Å². The van der Waals surface area contributed by atoms with Gasteiger partial charge in [0.15, 0.2) is 11.6 Å². The Morgan fingerprint density at radius 1 is 0.386 bits per heavy atom. The predicted octanol–water partition coefficient (Wildman–Crippen LogP) is 12.9. The van der Waals surface area contributed by atoms with Gasteiger partial charge in [-0.05, 0) is 58.0 Å². The van der Waals surface area contributed by atoms with Crippen molar-refractivity contribution in [2.45, 2.75) is 19.3 Å². The number of aromatic nitrogens is 5. The number of benzene rings is 8. The molecule has 5 heteroatoms. The molecule has 11 aromatic rings. The van der Waals surface area contributed by atoms with E-state index in [1.807, 2.05) is 36.4 Å². The van der Waals surface area contributed by atoms with Crippen molar-refractivity contribution in [3.63, 3.8) is 0 Å². The van der Waals surface area contributed by atoms with E-state index in [-0.39, 0.29) is 5.41 Å². The molecule has 0 aliphatic heterocycles. The molecule has 0 amide bonds. The molecule has 268 valence electrons. The molecule has 1 aliphatic carbocycles. The van der Waals surface area contributed by atoms with E-state index in [0.29, 0.717) is 17.6 Å². The standard InChI is InChI=1S/C52H35N5/c1-52(2)41-26-14-11-21-34(41)39-30-45-40(29-42(39)52)48-38-25-10-9-24-37(38)46(56-43-27-15-12-22-35(43)36-23-13-16-28-44(36)56)31-47(48)57(45)51-54-49(32-17-5-3-6-18-32)53-50(55-51)33-19-7-4-8-20-33/h3-31H,1-2H3. The van der Waals surface area contributed by atoms with Gasteiger partial charge in [0.1, 0.15) is 0 Å². The first-order valence-corrected chi connectivity index (χ1v) is 19.5. The van der Waals surface area contributed by atoms with E-state index in [1.54, 1.807) is 0 Å². The molecule has 0 bridgehead atoms. The molecule has 0 N–H and O–H groups in total. The molecule has 1 aliphatic rings. The van der Waals surface area contributed by atoms with Crippen LogP contribution in [0.3, 0.4) is 0 Å². The minimum atomic E-state index is -0.165. The van der Waals surface area contributed by atoms with E-state index in [2.05, 4.69) is 163 Å². The molecule has 0 spiro atoms. The number of para-hydroxylation sites is 2. The maximum Gasteiger partial charge on any atom is 0.238 e. The topological polar surface area (TPSA) is 48.5 Å². The van der Waals surface area contributed by atoms with Crippen molar-refractivity contribution in [3.05, 3.63) is 187 Å². The molecule has 12 rings (SSSR count). The lowest BCUT2D eigenvalue weighted by Gasteiger charge is -2.21. The zero-order valence-corrected chi connectivity index (χ0v) is 31.5. The maximum atomic E-state index is 5.34. The van der Waals surface area contributed by atoms with E-state index in [1.165, 1.54) is 65.6 Å². The quantitative estimate of drug-likeness (QED) is 0.181. The largest absolute Gasteiger partial charge is 0.309 e. The van der Waals surface area contributed by atoms with Gasteiger partial charge in [0.2, 0.25) is 5.95 Å². The number of rotatable bonds is 4. The van der Waals surface area contributed by atoms with Crippen LogP contribution in [0.15, 0.2) is 176 Å². The zero-order valence-electron chi connectivity index (χ0n) is 31.5. The monoisotopic (exact) mass is 729 g/mol. The van der Waals surface area contributed by atoms with Crippen molar-refractivity contribution < 1.29 is 0 Å². The van der Waals surface area contributed by atoms with Crippen molar-refractivity contribution >= 4 is 54.4 Å². The van der Waals surface area contributed by atoms with Gasteiger partial charge in [0.05, 0.1) is 27.8 Å². The first kappa shape index (κ1) is 31.9. The SMILES string of the molecule is CC1(C)c2ccccc2-c2cc3c(cc21)c1c2ccccc2c(-n2c4ccccc4c4ccccc42)cc1n3-c1nc(-c2ccccc2)nc(-c2ccccc2)n1. The highest BCUT2D eigenvalue weighted by molar-refractivity contribution is 6.24. The fourth-order valence-electron chi connectivity index (χ4n) is 9.53. The third-order valence-corrected chi connectivity index (χ3v) is 12.2. The van der Waals surface area contributed by atoms with Crippen LogP contribution in [-0.2, 0) is 5.41 Å². The van der Waals surface area contributed by atoms with Gasteiger partial charge >= 0.3 is 0 Å². The summed E-state index contributed by atoms with van der Waals surface area (Å²) in [6.07, 6.45) is 0. The van der Waals surface area contributed by atoms with Gasteiger partial charge in [-0.25, -0.2) is 4.98 Å². The lowest BCUT2D eigenvalue weighted by molar-refractivity contribution is 0.661. The van der Waals surface area contributed by atoms with Gasteiger partial charge in [0.25, 0.3) is 0 Å². The van der Waals surface area contributed by atoms with Crippen molar-refractivity contribution in [1.29, 1.82) is 0 Å². The summed E-state index contributed by atoms with van der Waals surface area (Å²) in [7, 11) is 0. The number of nitrogens with zero attached hydrogens (tertiary/aromatic N) is 5. The Hall–Kier alpha value is -7.37. The lowest BCUT2D eigenvalue weighted by Crippen LogP contribution is -2.14. The second-order valence-corrected chi connectivity index (χ2v) is 15.6. The number of fused-ring (bicyclic) bond motifs is 11. The Morgan fingerprint density at radius 3 is 1.58 bits per heavy atom. The van der Waals surface area contributed by atoms with Gasteiger partial charge < -0.3 is 4.57 Å². The van der Waals surface area contributed by atoms with Crippen LogP contribution < -0.4 is 0 Å². The average Bonchev–Trinajstić information content (AvgIpc) is 3.86. The van der Waals surface area contributed by atoms with E-state index < -0.39 is 0 Å². The molecule has 0 saturated heterocycles. The molecule has 3 heterocycles. The Balaban J connectivity index is 1.27. The normalized spacial score (nSPS) is 13.2. The molecule has 0 atom stereocenters. The highest BCUT2D eigenvalue weighted by Gasteiger charge is 2.36.